The fourth-order valence-corrected chi connectivity index (χ4v) is 0.342. The summed E-state index contributed by atoms with van der Waals surface area (Å²) >= 11 is 0.958. The van der Waals surface area contributed by atoms with E-state index in [4.69, 9.17) is 15.6 Å². The zero-order valence-corrected chi connectivity index (χ0v) is 10.1. The van der Waals surface area contributed by atoms with E-state index in [0.29, 0.717) is 0 Å². The molecular formula is C7H7NO2SZn-2. The Labute approximate surface area is 84.9 Å². The van der Waals surface area contributed by atoms with E-state index in [0.717, 1.165) is 16.6 Å². The minimum Gasteiger partial charge on any atom is -0.184 e. The van der Waals surface area contributed by atoms with Crippen molar-refractivity contribution in [1.29, 1.82) is 0 Å². The van der Waals surface area contributed by atoms with Crippen molar-refractivity contribution in [1.82, 2.24) is 0 Å². The second kappa shape index (κ2) is 13.0. The summed E-state index contributed by atoms with van der Waals surface area (Å²) in [6.07, 6.45) is -1.58. The van der Waals surface area contributed by atoms with Gasteiger partial charge in [0.05, 0.1) is 0 Å². The monoisotopic (exact) mass is 233 g/mol. The van der Waals surface area contributed by atoms with Crippen molar-refractivity contribution >= 4 is 16.2 Å². The van der Waals surface area contributed by atoms with E-state index in [1.807, 2.05) is 30.3 Å². The largest absolute Gasteiger partial charge is 0.184 e. The van der Waals surface area contributed by atoms with Crippen LogP contribution in [0, 0.1) is 6.07 Å². The van der Waals surface area contributed by atoms with Crippen molar-refractivity contribution in [2.75, 3.05) is 0 Å². The number of nitrogens with one attached hydrogen (secondary N) is 1. The van der Waals surface area contributed by atoms with Gasteiger partial charge >= 0.3 is 26.7 Å². The smallest absolute Gasteiger partial charge is 0.171 e. The van der Waals surface area contributed by atoms with Crippen LogP contribution in [0.5, 0.6) is 0 Å². The molecule has 0 heterocycles. The number of amides is 1. The Morgan fingerprint density at radius 3 is 1.75 bits per heavy atom. The van der Waals surface area contributed by atoms with E-state index >= 15 is 0 Å². The van der Waals surface area contributed by atoms with Crippen molar-refractivity contribution in [3.63, 3.8) is 0 Å². The van der Waals surface area contributed by atoms with Gasteiger partial charge in [0.2, 0.25) is 6.09 Å². The Bertz CT molecular complexity index is 165. The topological polar surface area (TPSA) is 61.1 Å². The van der Waals surface area contributed by atoms with Gasteiger partial charge in [0, 0.05) is 0 Å². The molecule has 0 aliphatic rings. The molecule has 0 aliphatic carbocycles. The van der Waals surface area contributed by atoms with Crippen molar-refractivity contribution in [3.8, 4) is 0 Å². The van der Waals surface area contributed by atoms with Crippen molar-refractivity contribution in [2.24, 2.45) is 0 Å². The molecule has 0 fully saturated rings. The van der Waals surface area contributed by atoms with Gasteiger partial charge in [0.1, 0.15) is 0 Å². The average Bonchev–Trinajstić information content (AvgIpc) is 2.10. The van der Waals surface area contributed by atoms with Crippen LogP contribution in [0.25, 0.3) is 5.73 Å². The molecule has 1 aromatic rings. The van der Waals surface area contributed by atoms with Gasteiger partial charge in [-0.25, -0.2) is 0 Å². The normalized spacial score (nSPS) is 6.50. The molecular weight excluding hydrogens is 228 g/mol. The fraction of sp³-hybridized carbons (Fsp3) is 0. The first kappa shape index (κ1) is 13.9. The van der Waals surface area contributed by atoms with E-state index in [1.165, 1.54) is 0 Å². The third-order valence-electron chi connectivity index (χ3n) is 0.607. The number of hydrogen-bond acceptors (Lipinski definition) is 2. The Hall–Kier alpha value is -0.667. The minimum atomic E-state index is -1.58. The number of rotatable bonds is 0. The molecule has 5 heteroatoms. The number of carbonyl (C=O) groups is 1. The van der Waals surface area contributed by atoms with Crippen molar-refractivity contribution in [3.05, 3.63) is 42.1 Å². The summed E-state index contributed by atoms with van der Waals surface area (Å²) in [5.41, 5.74) is 5.50. The third-order valence-corrected chi connectivity index (χ3v) is 0.607. The van der Waals surface area contributed by atoms with Crippen molar-refractivity contribution < 1.29 is 26.5 Å². The maximum absolute atomic E-state index is 8.67. The number of benzene rings is 1. The molecule has 1 aromatic carbocycles. The Morgan fingerprint density at radius 2 is 1.67 bits per heavy atom. The molecule has 0 saturated carbocycles. The summed E-state index contributed by atoms with van der Waals surface area (Å²) in [7, 11) is 4.21. The zero-order chi connectivity index (χ0) is 9.82. The summed E-state index contributed by atoms with van der Waals surface area (Å²) in [6, 6.07) is 12.5. The van der Waals surface area contributed by atoms with Crippen LogP contribution in [0.4, 0.5) is 4.79 Å². The van der Waals surface area contributed by atoms with E-state index in [2.05, 4.69) is 16.2 Å². The Kier molecular flexibility index (Phi) is 15.0. The first-order valence-electron chi connectivity index (χ1n) is 2.88. The molecule has 0 spiro atoms. The van der Waals surface area contributed by atoms with E-state index in [-0.39, 0.29) is 0 Å². The molecule has 0 radical (unpaired) electrons. The predicted molar refractivity (Wildman–Crippen MR) is 45.2 cm³/mol. The van der Waals surface area contributed by atoms with Crippen LogP contribution >= 0.6 is 10.1 Å². The summed E-state index contributed by atoms with van der Waals surface area (Å²) in [4.78, 5) is 8.67. The summed E-state index contributed by atoms with van der Waals surface area (Å²) in [5, 5.41) is 7.08. The average molecular weight is 235 g/mol. The first-order chi connectivity index (χ1) is 5.73. The quantitative estimate of drug-likeness (QED) is 0.555. The summed E-state index contributed by atoms with van der Waals surface area (Å²) in [6.45, 7) is 0. The molecule has 1 rings (SSSR count). The Morgan fingerprint density at radius 1 is 1.33 bits per heavy atom. The fourth-order valence-electron chi connectivity index (χ4n) is 0.342. The van der Waals surface area contributed by atoms with E-state index in [1.54, 1.807) is 0 Å². The molecule has 0 aliphatic heterocycles. The molecule has 0 saturated heterocycles. The molecule has 1 amide bonds. The second-order valence-corrected chi connectivity index (χ2v) is 1.38. The molecule has 12 heavy (non-hydrogen) atoms. The number of hydrogen-bond donors (Lipinski definition) is 1. The standard InChI is InChI=1S/C6H5.CH2NO2.S.Zn/c1-2-4-6-5-3-1;2-1(3)4;;/h1-5H;2H,(H,3,4);;/q2*-1;;. The van der Waals surface area contributed by atoms with Gasteiger partial charge in [-0.15, -0.1) is 0 Å². The maximum atomic E-state index is 8.67. The van der Waals surface area contributed by atoms with Gasteiger partial charge < -0.3 is 10.8 Å². The van der Waals surface area contributed by atoms with Gasteiger partial charge in [-0.05, 0) is 0 Å². The summed E-state index contributed by atoms with van der Waals surface area (Å²) in [5.74, 6) is 0. The summed E-state index contributed by atoms with van der Waals surface area (Å²) < 4.78 is 0. The minimum absolute atomic E-state index is 0.958. The molecule has 3 nitrogen and oxygen atoms in total. The Balaban J connectivity index is 0. The van der Waals surface area contributed by atoms with Gasteiger partial charge in [0.15, 0.2) is 0 Å². The zero-order valence-electron chi connectivity index (χ0n) is 6.36. The van der Waals surface area contributed by atoms with Crippen LogP contribution in [0.3, 0.4) is 0 Å². The first-order valence-corrected chi connectivity index (χ1v) is 7.09. The van der Waals surface area contributed by atoms with E-state index in [9.17, 15) is 0 Å². The SMILES string of the molecule is [NH-]C(=O)O.[S]=[Zn].[c-]1ccccc1. The van der Waals surface area contributed by atoms with Crippen LogP contribution in [0.15, 0.2) is 30.3 Å². The van der Waals surface area contributed by atoms with Crippen molar-refractivity contribution in [2.45, 2.75) is 0 Å². The molecule has 0 unspecified atom stereocenters. The van der Waals surface area contributed by atoms with Gasteiger partial charge in [-0.3, -0.25) is 4.79 Å². The maximum Gasteiger partial charge on any atom is -0.171 e. The van der Waals surface area contributed by atoms with Crippen LogP contribution < -0.4 is 0 Å². The van der Waals surface area contributed by atoms with Gasteiger partial charge in [-0.1, -0.05) is 0 Å². The molecule has 2 N–H and O–H groups in total. The van der Waals surface area contributed by atoms with Crippen LogP contribution in [0.1, 0.15) is 0 Å². The number of carboxylic acid groups (broad SMARTS) is 1. The second-order valence-electron chi connectivity index (χ2n) is 1.38. The van der Waals surface area contributed by atoms with E-state index < -0.39 is 6.09 Å². The van der Waals surface area contributed by atoms with Gasteiger partial charge in [0.25, 0.3) is 0 Å². The molecule has 62 valence electrons. The molecule has 0 aromatic heterocycles. The third kappa shape index (κ3) is 22.8. The van der Waals surface area contributed by atoms with Crippen LogP contribution in [-0.2, 0) is 16.6 Å². The molecule has 0 bridgehead atoms. The van der Waals surface area contributed by atoms with Crippen LogP contribution in [-0.4, -0.2) is 11.2 Å². The van der Waals surface area contributed by atoms with Crippen LogP contribution in [0.2, 0.25) is 0 Å². The predicted octanol–water partition coefficient (Wildman–Crippen LogP) is 2.85. The van der Waals surface area contributed by atoms with Gasteiger partial charge in [-0.2, -0.15) is 36.4 Å². The molecule has 0 atom stereocenters.